The van der Waals surface area contributed by atoms with Crippen LogP contribution in [0.25, 0.3) is 0 Å². The standard InChI is InChI=1S/C22H28N4O2S/c1-15-11-16(2)13-18(12-15)25-22(28)24-14-17-6-9-26(10-7-17)21(27)19-5-4-8-23-20(19)29-3/h4-5,8,11-13,17H,6-7,9-10,14H2,1-3H3,(H2,24,25,28). The van der Waals surface area contributed by atoms with Crippen LogP contribution >= 0.6 is 11.8 Å². The van der Waals surface area contributed by atoms with Crippen LogP contribution in [0.15, 0.2) is 41.6 Å². The van der Waals surface area contributed by atoms with E-state index in [2.05, 4.69) is 21.7 Å². The Bertz CT molecular complexity index is 859. The van der Waals surface area contributed by atoms with Gasteiger partial charge in [-0.3, -0.25) is 4.79 Å². The summed E-state index contributed by atoms with van der Waals surface area (Å²) in [6.07, 6.45) is 5.40. The molecule has 0 aliphatic carbocycles. The summed E-state index contributed by atoms with van der Waals surface area (Å²) in [6.45, 7) is 6.04. The van der Waals surface area contributed by atoms with Gasteiger partial charge in [0.05, 0.1) is 5.56 Å². The maximum Gasteiger partial charge on any atom is 0.319 e. The number of piperidine rings is 1. The van der Waals surface area contributed by atoms with Gasteiger partial charge in [-0.1, -0.05) is 6.07 Å². The SMILES string of the molecule is CSc1ncccc1C(=O)N1CCC(CNC(=O)Nc2cc(C)cc(C)c2)CC1. The van der Waals surface area contributed by atoms with E-state index in [1.165, 1.54) is 11.8 Å². The highest BCUT2D eigenvalue weighted by molar-refractivity contribution is 7.98. The Morgan fingerprint density at radius 3 is 2.52 bits per heavy atom. The molecule has 2 N–H and O–H groups in total. The quantitative estimate of drug-likeness (QED) is 0.725. The maximum atomic E-state index is 12.8. The maximum absolute atomic E-state index is 12.8. The Morgan fingerprint density at radius 2 is 1.86 bits per heavy atom. The van der Waals surface area contributed by atoms with Crippen molar-refractivity contribution in [2.75, 3.05) is 31.2 Å². The van der Waals surface area contributed by atoms with Gasteiger partial charge in [0.15, 0.2) is 0 Å². The van der Waals surface area contributed by atoms with Crippen molar-refractivity contribution in [3.8, 4) is 0 Å². The topological polar surface area (TPSA) is 74.3 Å². The first kappa shape index (κ1) is 21.2. The monoisotopic (exact) mass is 412 g/mol. The molecule has 0 atom stereocenters. The van der Waals surface area contributed by atoms with E-state index in [-0.39, 0.29) is 11.9 Å². The molecule has 1 aromatic heterocycles. The Labute approximate surface area is 176 Å². The van der Waals surface area contributed by atoms with Gasteiger partial charge in [-0.25, -0.2) is 9.78 Å². The van der Waals surface area contributed by atoms with E-state index in [4.69, 9.17) is 0 Å². The molecule has 1 aromatic carbocycles. The van der Waals surface area contributed by atoms with E-state index in [1.807, 2.05) is 43.2 Å². The van der Waals surface area contributed by atoms with Crippen LogP contribution in [0, 0.1) is 19.8 Å². The number of carbonyl (C=O) groups excluding carboxylic acids is 2. The first-order valence-electron chi connectivity index (χ1n) is 9.87. The molecular formula is C22H28N4O2S. The van der Waals surface area contributed by atoms with E-state index >= 15 is 0 Å². The Kier molecular flexibility index (Phi) is 7.14. The smallest absolute Gasteiger partial charge is 0.319 e. The van der Waals surface area contributed by atoms with E-state index in [1.54, 1.807) is 12.3 Å². The lowest BCUT2D eigenvalue weighted by atomic mass is 9.96. The van der Waals surface area contributed by atoms with Crippen LogP contribution in [0.3, 0.4) is 0 Å². The van der Waals surface area contributed by atoms with Crippen LogP contribution < -0.4 is 10.6 Å². The molecule has 0 saturated carbocycles. The van der Waals surface area contributed by atoms with Crippen molar-refractivity contribution in [2.45, 2.75) is 31.7 Å². The molecule has 0 unspecified atom stereocenters. The van der Waals surface area contributed by atoms with Crippen LogP contribution in [0.2, 0.25) is 0 Å². The average molecular weight is 413 g/mol. The first-order valence-corrected chi connectivity index (χ1v) is 11.1. The van der Waals surface area contributed by atoms with Crippen LogP contribution in [0.5, 0.6) is 0 Å². The summed E-state index contributed by atoms with van der Waals surface area (Å²) in [4.78, 5) is 31.2. The second kappa shape index (κ2) is 9.78. The van der Waals surface area contributed by atoms with Gasteiger partial charge in [-0.15, -0.1) is 11.8 Å². The Hall–Kier alpha value is -2.54. The van der Waals surface area contributed by atoms with Gasteiger partial charge in [0.25, 0.3) is 5.91 Å². The number of carbonyl (C=O) groups is 2. The van der Waals surface area contributed by atoms with E-state index in [9.17, 15) is 9.59 Å². The van der Waals surface area contributed by atoms with Crippen molar-refractivity contribution in [1.82, 2.24) is 15.2 Å². The van der Waals surface area contributed by atoms with Crippen LogP contribution in [-0.4, -0.2) is 47.7 Å². The Balaban J connectivity index is 1.46. The van der Waals surface area contributed by atoms with Crippen molar-refractivity contribution < 1.29 is 9.59 Å². The number of aryl methyl sites for hydroxylation is 2. The second-order valence-corrected chi connectivity index (χ2v) is 8.30. The zero-order valence-corrected chi connectivity index (χ0v) is 18.0. The lowest BCUT2D eigenvalue weighted by Gasteiger charge is -2.32. The summed E-state index contributed by atoms with van der Waals surface area (Å²) < 4.78 is 0. The highest BCUT2D eigenvalue weighted by Crippen LogP contribution is 2.23. The average Bonchev–Trinajstić information content (AvgIpc) is 2.71. The van der Waals surface area contributed by atoms with Crippen molar-refractivity contribution in [3.63, 3.8) is 0 Å². The van der Waals surface area contributed by atoms with Gasteiger partial charge in [-0.05, 0) is 74.3 Å². The summed E-state index contributed by atoms with van der Waals surface area (Å²) in [6, 6.07) is 9.44. The molecule has 2 aromatic rings. The minimum atomic E-state index is -0.187. The number of pyridine rings is 1. The number of nitrogens with zero attached hydrogens (tertiary/aromatic N) is 2. The molecule has 0 spiro atoms. The molecule has 1 saturated heterocycles. The number of rotatable bonds is 5. The third-order valence-electron chi connectivity index (χ3n) is 5.13. The summed E-state index contributed by atoms with van der Waals surface area (Å²) >= 11 is 1.49. The lowest BCUT2D eigenvalue weighted by Crippen LogP contribution is -2.42. The van der Waals surface area contributed by atoms with Gasteiger partial charge in [0.2, 0.25) is 0 Å². The first-order chi connectivity index (χ1) is 14.0. The van der Waals surface area contributed by atoms with E-state index in [0.717, 1.165) is 34.7 Å². The summed E-state index contributed by atoms with van der Waals surface area (Å²) in [7, 11) is 0. The summed E-state index contributed by atoms with van der Waals surface area (Å²) in [5.74, 6) is 0.416. The third-order valence-corrected chi connectivity index (χ3v) is 5.84. The van der Waals surface area contributed by atoms with Crippen LogP contribution in [0.1, 0.15) is 34.3 Å². The van der Waals surface area contributed by atoms with Crippen LogP contribution in [0.4, 0.5) is 10.5 Å². The number of hydrogen-bond donors (Lipinski definition) is 2. The number of likely N-dealkylation sites (tertiary alicyclic amines) is 1. The fraction of sp³-hybridized carbons (Fsp3) is 0.409. The van der Waals surface area contributed by atoms with Crippen molar-refractivity contribution in [3.05, 3.63) is 53.2 Å². The molecule has 7 heteroatoms. The predicted octanol–water partition coefficient (Wildman–Crippen LogP) is 4.09. The third kappa shape index (κ3) is 5.73. The number of amides is 3. The summed E-state index contributed by atoms with van der Waals surface area (Å²) in [5, 5.41) is 6.64. The fourth-order valence-corrected chi connectivity index (χ4v) is 4.23. The molecule has 0 radical (unpaired) electrons. The molecule has 1 aliphatic heterocycles. The molecule has 1 aliphatic rings. The molecule has 29 heavy (non-hydrogen) atoms. The van der Waals surface area contributed by atoms with Gasteiger partial charge in [0.1, 0.15) is 5.03 Å². The molecule has 0 bridgehead atoms. The summed E-state index contributed by atoms with van der Waals surface area (Å²) in [5.41, 5.74) is 3.72. The molecule has 3 rings (SSSR count). The molecule has 3 amide bonds. The molecule has 2 heterocycles. The number of benzene rings is 1. The number of anilines is 1. The molecule has 6 nitrogen and oxygen atoms in total. The van der Waals surface area contributed by atoms with Crippen molar-refractivity contribution in [1.29, 1.82) is 0 Å². The number of thioether (sulfide) groups is 1. The molecular weight excluding hydrogens is 384 g/mol. The van der Waals surface area contributed by atoms with Crippen molar-refractivity contribution in [2.24, 2.45) is 5.92 Å². The normalized spacial score (nSPS) is 14.5. The highest BCUT2D eigenvalue weighted by Gasteiger charge is 2.25. The number of aromatic nitrogens is 1. The second-order valence-electron chi connectivity index (χ2n) is 7.51. The van der Waals surface area contributed by atoms with Gasteiger partial charge in [0, 0.05) is 31.5 Å². The number of hydrogen-bond acceptors (Lipinski definition) is 4. The zero-order chi connectivity index (χ0) is 20.8. The zero-order valence-electron chi connectivity index (χ0n) is 17.2. The molecule has 154 valence electrons. The van der Waals surface area contributed by atoms with Crippen molar-refractivity contribution >= 4 is 29.4 Å². The highest BCUT2D eigenvalue weighted by atomic mass is 32.2. The molecule has 1 fully saturated rings. The van der Waals surface area contributed by atoms with Gasteiger partial charge < -0.3 is 15.5 Å². The number of urea groups is 1. The predicted molar refractivity (Wildman–Crippen MR) is 118 cm³/mol. The largest absolute Gasteiger partial charge is 0.339 e. The minimum Gasteiger partial charge on any atom is -0.339 e. The lowest BCUT2D eigenvalue weighted by molar-refractivity contribution is 0.0686. The Morgan fingerprint density at radius 1 is 1.17 bits per heavy atom. The van der Waals surface area contributed by atoms with E-state index in [0.29, 0.717) is 31.1 Å². The van der Waals surface area contributed by atoms with Crippen LogP contribution in [-0.2, 0) is 0 Å². The van der Waals surface area contributed by atoms with Gasteiger partial charge >= 0.3 is 6.03 Å². The van der Waals surface area contributed by atoms with E-state index < -0.39 is 0 Å². The number of nitrogens with one attached hydrogen (secondary N) is 2. The minimum absolute atomic E-state index is 0.0430. The van der Waals surface area contributed by atoms with Gasteiger partial charge in [-0.2, -0.15) is 0 Å². The fourth-order valence-electron chi connectivity index (χ4n) is 3.69.